The maximum absolute atomic E-state index is 12.6. The third-order valence-corrected chi connectivity index (χ3v) is 5.29. The van der Waals surface area contributed by atoms with Gasteiger partial charge in [0.05, 0.1) is 4.92 Å². The van der Waals surface area contributed by atoms with Gasteiger partial charge >= 0.3 is 0 Å². The Morgan fingerprint density at radius 2 is 1.79 bits per heavy atom. The topological polar surface area (TPSA) is 119 Å². The van der Waals surface area contributed by atoms with E-state index < -0.39 is 4.92 Å². The first-order chi connectivity index (χ1) is 14.0. The molecule has 2 atom stereocenters. The molecule has 1 saturated heterocycles. The molecule has 0 saturated carbocycles. The molecule has 1 aliphatic rings. The van der Waals surface area contributed by atoms with Crippen LogP contribution in [0.1, 0.15) is 28.3 Å². The van der Waals surface area contributed by atoms with Crippen LogP contribution in [0.4, 0.5) is 5.69 Å². The molecule has 3 rings (SSSR count). The summed E-state index contributed by atoms with van der Waals surface area (Å²) in [4.78, 5) is 36.7. The van der Waals surface area contributed by atoms with Crippen molar-refractivity contribution in [2.45, 2.75) is 12.3 Å². The van der Waals surface area contributed by atoms with Crippen molar-refractivity contribution in [3.63, 3.8) is 0 Å². The van der Waals surface area contributed by atoms with Gasteiger partial charge in [-0.15, -0.1) is 0 Å². The lowest BCUT2D eigenvalue weighted by atomic mass is 9.89. The second kappa shape index (κ2) is 9.29. The summed E-state index contributed by atoms with van der Waals surface area (Å²) < 4.78 is 0. The smallest absolute Gasteiger partial charge is 0.269 e. The van der Waals surface area contributed by atoms with E-state index in [-0.39, 0.29) is 42.3 Å². The van der Waals surface area contributed by atoms with Crippen LogP contribution in [-0.2, 0) is 4.79 Å². The van der Waals surface area contributed by atoms with Crippen molar-refractivity contribution >= 4 is 17.5 Å². The number of likely N-dealkylation sites (tertiary alicyclic amines) is 1. The van der Waals surface area contributed by atoms with Crippen molar-refractivity contribution in [2.24, 2.45) is 11.7 Å². The van der Waals surface area contributed by atoms with Crippen LogP contribution in [0.15, 0.2) is 54.6 Å². The number of nitro benzene ring substituents is 1. The molecule has 3 N–H and O–H groups in total. The highest BCUT2D eigenvalue weighted by Gasteiger charge is 2.34. The van der Waals surface area contributed by atoms with Crippen LogP contribution in [-0.4, -0.2) is 47.8 Å². The number of carbonyl (C=O) groups is 2. The molecule has 152 valence electrons. The van der Waals surface area contributed by atoms with Gasteiger partial charge in [0.1, 0.15) is 0 Å². The molecule has 8 nitrogen and oxygen atoms in total. The van der Waals surface area contributed by atoms with Gasteiger partial charge in [0.15, 0.2) is 0 Å². The van der Waals surface area contributed by atoms with E-state index in [9.17, 15) is 19.7 Å². The van der Waals surface area contributed by atoms with Crippen molar-refractivity contribution in [1.82, 2.24) is 10.2 Å². The average Bonchev–Trinajstić information content (AvgIpc) is 3.19. The van der Waals surface area contributed by atoms with Gasteiger partial charge in [-0.05, 0) is 30.2 Å². The normalized spacial score (nSPS) is 18.4. The van der Waals surface area contributed by atoms with Gasteiger partial charge in [-0.3, -0.25) is 19.7 Å². The molecule has 0 aromatic heterocycles. The van der Waals surface area contributed by atoms with Crippen LogP contribution in [0, 0.1) is 16.0 Å². The molecule has 1 heterocycles. The minimum atomic E-state index is -0.520. The summed E-state index contributed by atoms with van der Waals surface area (Å²) >= 11 is 0. The highest BCUT2D eigenvalue weighted by Crippen LogP contribution is 2.32. The van der Waals surface area contributed by atoms with Crippen LogP contribution in [0.5, 0.6) is 0 Å². The highest BCUT2D eigenvalue weighted by atomic mass is 16.6. The fourth-order valence-electron chi connectivity index (χ4n) is 3.67. The summed E-state index contributed by atoms with van der Waals surface area (Å²) in [6.45, 7) is 1.96. The molecule has 0 aliphatic carbocycles. The van der Waals surface area contributed by atoms with Crippen LogP contribution >= 0.6 is 0 Å². The van der Waals surface area contributed by atoms with Crippen molar-refractivity contribution < 1.29 is 14.5 Å². The van der Waals surface area contributed by atoms with E-state index >= 15 is 0 Å². The lowest BCUT2D eigenvalue weighted by molar-refractivity contribution is -0.384. The number of rotatable bonds is 7. The van der Waals surface area contributed by atoms with Gasteiger partial charge < -0.3 is 16.0 Å². The molecule has 2 amide bonds. The van der Waals surface area contributed by atoms with Gasteiger partial charge in [0.2, 0.25) is 5.91 Å². The zero-order valence-electron chi connectivity index (χ0n) is 16.0. The third-order valence-electron chi connectivity index (χ3n) is 5.29. The monoisotopic (exact) mass is 396 g/mol. The van der Waals surface area contributed by atoms with E-state index in [1.54, 1.807) is 0 Å². The van der Waals surface area contributed by atoms with Crippen LogP contribution in [0.2, 0.25) is 0 Å². The number of non-ortho nitro benzene ring substituents is 1. The van der Waals surface area contributed by atoms with E-state index in [4.69, 9.17) is 5.73 Å². The van der Waals surface area contributed by atoms with E-state index in [2.05, 4.69) is 17.4 Å². The Bertz CT molecular complexity index is 870. The Morgan fingerprint density at radius 1 is 1.10 bits per heavy atom. The molecular weight excluding hydrogens is 372 g/mol. The number of nitrogens with one attached hydrogen (secondary N) is 1. The number of benzene rings is 2. The number of nitrogens with two attached hydrogens (primary N) is 1. The number of nitrogens with zero attached hydrogens (tertiary/aromatic N) is 2. The quantitative estimate of drug-likeness (QED) is 0.547. The van der Waals surface area contributed by atoms with Crippen molar-refractivity contribution in [3.8, 4) is 0 Å². The first kappa shape index (κ1) is 20.5. The van der Waals surface area contributed by atoms with E-state index in [0.29, 0.717) is 25.2 Å². The summed E-state index contributed by atoms with van der Waals surface area (Å²) in [7, 11) is 0. The Morgan fingerprint density at radius 3 is 2.41 bits per heavy atom. The molecular formula is C21H24N4O4. The fraction of sp³-hybridized carbons (Fsp3) is 0.333. The number of hydrogen-bond donors (Lipinski definition) is 2. The van der Waals surface area contributed by atoms with Gasteiger partial charge in [0, 0.05) is 49.7 Å². The molecule has 0 unspecified atom stereocenters. The summed E-state index contributed by atoms with van der Waals surface area (Å²) in [6, 6.07) is 15.4. The zero-order chi connectivity index (χ0) is 20.8. The molecule has 0 bridgehead atoms. The van der Waals surface area contributed by atoms with Crippen LogP contribution in [0.3, 0.4) is 0 Å². The second-order valence-electron chi connectivity index (χ2n) is 7.12. The van der Waals surface area contributed by atoms with Crippen LogP contribution in [0.25, 0.3) is 0 Å². The zero-order valence-corrected chi connectivity index (χ0v) is 16.0. The predicted molar refractivity (Wildman–Crippen MR) is 108 cm³/mol. The first-order valence-electron chi connectivity index (χ1n) is 9.55. The number of carbonyl (C=O) groups excluding carboxylic acids is 2. The highest BCUT2D eigenvalue weighted by molar-refractivity contribution is 5.94. The number of nitro groups is 1. The summed E-state index contributed by atoms with van der Waals surface area (Å²) in [5.74, 6) is 0.0536. The van der Waals surface area contributed by atoms with Gasteiger partial charge in [-0.1, -0.05) is 30.3 Å². The van der Waals surface area contributed by atoms with Gasteiger partial charge in [0.25, 0.3) is 11.6 Å². The van der Waals surface area contributed by atoms with E-state index in [1.807, 2.05) is 23.1 Å². The molecule has 8 heteroatoms. The minimum Gasteiger partial charge on any atom is -0.352 e. The fourth-order valence-corrected chi connectivity index (χ4v) is 3.67. The Kier molecular flexibility index (Phi) is 6.56. The molecule has 29 heavy (non-hydrogen) atoms. The standard InChI is InChI=1S/C21H24N4O4/c22-12-17-13-24(14-19(17)15-4-2-1-3-5-15)20(26)10-11-23-21(27)16-6-8-18(9-7-16)25(28)29/h1-9,17,19H,10-14,22H2,(H,23,27)/t17-,19+/m1/s1. The van der Waals surface area contributed by atoms with Gasteiger partial charge in [-0.25, -0.2) is 0 Å². The third kappa shape index (κ3) is 4.97. The maximum atomic E-state index is 12.6. The minimum absolute atomic E-state index is 0.0223. The molecule has 2 aromatic rings. The van der Waals surface area contributed by atoms with Gasteiger partial charge in [-0.2, -0.15) is 0 Å². The molecule has 1 aliphatic heterocycles. The van der Waals surface area contributed by atoms with Crippen LogP contribution < -0.4 is 11.1 Å². The second-order valence-corrected chi connectivity index (χ2v) is 7.12. The Hall–Kier alpha value is -3.26. The molecule has 1 fully saturated rings. The largest absolute Gasteiger partial charge is 0.352 e. The maximum Gasteiger partial charge on any atom is 0.269 e. The lowest BCUT2D eigenvalue weighted by Gasteiger charge is -2.17. The van der Waals surface area contributed by atoms with Crippen molar-refractivity contribution in [2.75, 3.05) is 26.2 Å². The Labute approximate surface area is 168 Å². The molecule has 0 radical (unpaired) electrons. The van der Waals surface area contributed by atoms with Crippen molar-refractivity contribution in [3.05, 3.63) is 75.8 Å². The predicted octanol–water partition coefficient (Wildman–Crippen LogP) is 1.92. The summed E-state index contributed by atoms with van der Waals surface area (Å²) in [6.07, 6.45) is 0.192. The Balaban J connectivity index is 1.50. The SMILES string of the molecule is NC[C@@H]1CN(C(=O)CCNC(=O)c2ccc([N+](=O)[O-])cc2)C[C@H]1c1ccccc1. The van der Waals surface area contributed by atoms with E-state index in [0.717, 1.165) is 0 Å². The van der Waals surface area contributed by atoms with Crippen molar-refractivity contribution in [1.29, 1.82) is 0 Å². The number of amides is 2. The summed E-state index contributed by atoms with van der Waals surface area (Å²) in [5, 5.41) is 13.4. The molecule has 2 aromatic carbocycles. The molecule has 0 spiro atoms. The lowest BCUT2D eigenvalue weighted by Crippen LogP contribution is -2.33. The first-order valence-corrected chi connectivity index (χ1v) is 9.55. The average molecular weight is 396 g/mol. The van der Waals surface area contributed by atoms with E-state index in [1.165, 1.54) is 29.8 Å². The number of hydrogen-bond acceptors (Lipinski definition) is 5. The summed E-state index contributed by atoms with van der Waals surface area (Å²) in [5.41, 5.74) is 7.35.